The molecule has 96 valence electrons. The molecule has 1 heterocycles. The molecule has 0 radical (unpaired) electrons. The van der Waals surface area contributed by atoms with E-state index < -0.39 is 6.10 Å². The maximum atomic E-state index is 10.4. The summed E-state index contributed by atoms with van der Waals surface area (Å²) in [6, 6.07) is 8.10. The SMILES string of the molecule is CCc1occc1C(O)Cc1c(C)cccc1C. The van der Waals surface area contributed by atoms with Crippen LogP contribution in [0.1, 0.15) is 41.0 Å². The van der Waals surface area contributed by atoms with E-state index in [1.165, 1.54) is 16.7 Å². The summed E-state index contributed by atoms with van der Waals surface area (Å²) >= 11 is 0. The molecular formula is C16H20O2. The fraction of sp³-hybridized carbons (Fsp3) is 0.375. The average molecular weight is 244 g/mol. The van der Waals surface area contributed by atoms with Gasteiger partial charge in [-0.3, -0.25) is 0 Å². The molecular weight excluding hydrogens is 224 g/mol. The second-order valence-electron chi connectivity index (χ2n) is 4.74. The van der Waals surface area contributed by atoms with Crippen LogP contribution in [-0.4, -0.2) is 5.11 Å². The van der Waals surface area contributed by atoms with E-state index in [9.17, 15) is 5.11 Å². The lowest BCUT2D eigenvalue weighted by Gasteiger charge is -2.14. The van der Waals surface area contributed by atoms with Crippen molar-refractivity contribution in [3.05, 3.63) is 58.5 Å². The number of rotatable bonds is 4. The molecule has 18 heavy (non-hydrogen) atoms. The molecule has 0 amide bonds. The zero-order chi connectivity index (χ0) is 13.1. The highest BCUT2D eigenvalue weighted by molar-refractivity contribution is 5.35. The Balaban J connectivity index is 2.24. The molecule has 2 nitrogen and oxygen atoms in total. The Morgan fingerprint density at radius 3 is 2.44 bits per heavy atom. The highest BCUT2D eigenvalue weighted by atomic mass is 16.3. The summed E-state index contributed by atoms with van der Waals surface area (Å²) in [6.45, 7) is 6.21. The fourth-order valence-electron chi connectivity index (χ4n) is 2.41. The van der Waals surface area contributed by atoms with Crippen LogP contribution in [0.4, 0.5) is 0 Å². The Labute approximate surface area is 108 Å². The molecule has 2 aromatic rings. The third-order valence-corrected chi connectivity index (χ3v) is 3.50. The molecule has 0 spiro atoms. The number of aliphatic hydroxyl groups excluding tert-OH is 1. The second-order valence-corrected chi connectivity index (χ2v) is 4.74. The van der Waals surface area contributed by atoms with Gasteiger partial charge in [0.1, 0.15) is 5.76 Å². The van der Waals surface area contributed by atoms with Crippen LogP contribution in [0.3, 0.4) is 0 Å². The first-order chi connectivity index (χ1) is 8.63. The zero-order valence-electron chi connectivity index (χ0n) is 11.2. The van der Waals surface area contributed by atoms with E-state index in [1.54, 1.807) is 6.26 Å². The van der Waals surface area contributed by atoms with Crippen LogP contribution in [0, 0.1) is 13.8 Å². The molecule has 0 aliphatic heterocycles. The van der Waals surface area contributed by atoms with Crippen molar-refractivity contribution in [3.8, 4) is 0 Å². The van der Waals surface area contributed by atoms with E-state index >= 15 is 0 Å². The van der Waals surface area contributed by atoms with Crippen molar-refractivity contribution >= 4 is 0 Å². The quantitative estimate of drug-likeness (QED) is 0.889. The Hall–Kier alpha value is -1.54. The molecule has 0 saturated carbocycles. The van der Waals surface area contributed by atoms with Gasteiger partial charge in [0.25, 0.3) is 0 Å². The third-order valence-electron chi connectivity index (χ3n) is 3.50. The highest BCUT2D eigenvalue weighted by Gasteiger charge is 2.16. The Morgan fingerprint density at radius 1 is 1.17 bits per heavy atom. The van der Waals surface area contributed by atoms with Gasteiger partial charge in [0.2, 0.25) is 0 Å². The average Bonchev–Trinajstić information content (AvgIpc) is 2.82. The fourth-order valence-corrected chi connectivity index (χ4v) is 2.41. The minimum Gasteiger partial charge on any atom is -0.469 e. The minimum atomic E-state index is -0.488. The van der Waals surface area contributed by atoms with Crippen molar-refractivity contribution in [2.75, 3.05) is 0 Å². The zero-order valence-corrected chi connectivity index (χ0v) is 11.2. The molecule has 2 rings (SSSR count). The summed E-state index contributed by atoms with van der Waals surface area (Å²) in [5.41, 5.74) is 4.61. The Kier molecular flexibility index (Phi) is 3.87. The largest absolute Gasteiger partial charge is 0.469 e. The lowest BCUT2D eigenvalue weighted by molar-refractivity contribution is 0.175. The van der Waals surface area contributed by atoms with E-state index in [0.717, 1.165) is 17.7 Å². The van der Waals surface area contributed by atoms with Gasteiger partial charge in [-0.1, -0.05) is 25.1 Å². The lowest BCUT2D eigenvalue weighted by atomic mass is 9.94. The van der Waals surface area contributed by atoms with Crippen LogP contribution in [0.5, 0.6) is 0 Å². The number of aliphatic hydroxyl groups is 1. The van der Waals surface area contributed by atoms with Gasteiger partial charge in [-0.25, -0.2) is 0 Å². The number of aryl methyl sites for hydroxylation is 3. The van der Waals surface area contributed by atoms with Crippen molar-refractivity contribution in [1.82, 2.24) is 0 Å². The molecule has 1 N–H and O–H groups in total. The first-order valence-electron chi connectivity index (χ1n) is 6.43. The van der Waals surface area contributed by atoms with Gasteiger partial charge in [-0.05, 0) is 36.6 Å². The lowest BCUT2D eigenvalue weighted by Crippen LogP contribution is -2.05. The molecule has 1 atom stereocenters. The highest BCUT2D eigenvalue weighted by Crippen LogP contribution is 2.26. The summed E-state index contributed by atoms with van der Waals surface area (Å²) < 4.78 is 5.37. The van der Waals surface area contributed by atoms with Crippen molar-refractivity contribution in [2.24, 2.45) is 0 Å². The summed E-state index contributed by atoms with van der Waals surface area (Å²) in [4.78, 5) is 0. The van der Waals surface area contributed by atoms with E-state index in [1.807, 2.05) is 13.0 Å². The van der Waals surface area contributed by atoms with Crippen LogP contribution < -0.4 is 0 Å². The van der Waals surface area contributed by atoms with Gasteiger partial charge in [0.15, 0.2) is 0 Å². The normalized spacial score (nSPS) is 12.7. The van der Waals surface area contributed by atoms with Gasteiger partial charge >= 0.3 is 0 Å². The van der Waals surface area contributed by atoms with Gasteiger partial charge in [0.05, 0.1) is 12.4 Å². The van der Waals surface area contributed by atoms with Gasteiger partial charge in [-0.15, -0.1) is 0 Å². The second kappa shape index (κ2) is 5.40. The molecule has 0 bridgehead atoms. The number of furan rings is 1. The van der Waals surface area contributed by atoms with Gasteiger partial charge in [-0.2, -0.15) is 0 Å². The smallest absolute Gasteiger partial charge is 0.109 e. The van der Waals surface area contributed by atoms with Crippen molar-refractivity contribution in [3.63, 3.8) is 0 Å². The van der Waals surface area contributed by atoms with Gasteiger partial charge in [0, 0.05) is 18.4 Å². The van der Waals surface area contributed by atoms with Crippen molar-refractivity contribution in [1.29, 1.82) is 0 Å². The number of hydrogen-bond acceptors (Lipinski definition) is 2. The first kappa shape index (κ1) is 12.9. The standard InChI is InChI=1S/C16H20O2/c1-4-16-13(8-9-18-16)15(17)10-14-11(2)6-5-7-12(14)3/h5-9,15,17H,4,10H2,1-3H3. The molecule has 1 aromatic carbocycles. The minimum absolute atomic E-state index is 0.488. The predicted octanol–water partition coefficient (Wildman–Crippen LogP) is 3.73. The summed E-state index contributed by atoms with van der Waals surface area (Å²) in [5, 5.41) is 10.4. The van der Waals surface area contributed by atoms with E-state index in [2.05, 4.69) is 32.0 Å². The molecule has 1 aromatic heterocycles. The number of hydrogen-bond donors (Lipinski definition) is 1. The van der Waals surface area contributed by atoms with Crippen LogP contribution in [0.15, 0.2) is 34.9 Å². The third kappa shape index (κ3) is 2.49. The maximum absolute atomic E-state index is 10.4. The van der Waals surface area contributed by atoms with Crippen molar-refractivity contribution < 1.29 is 9.52 Å². The van der Waals surface area contributed by atoms with Crippen LogP contribution in [0.2, 0.25) is 0 Å². The summed E-state index contributed by atoms with van der Waals surface area (Å²) in [6.07, 6.45) is 2.62. The van der Waals surface area contributed by atoms with E-state index in [0.29, 0.717) is 6.42 Å². The van der Waals surface area contributed by atoms with E-state index in [-0.39, 0.29) is 0 Å². The maximum Gasteiger partial charge on any atom is 0.109 e. The van der Waals surface area contributed by atoms with Gasteiger partial charge < -0.3 is 9.52 Å². The van der Waals surface area contributed by atoms with Crippen LogP contribution >= 0.6 is 0 Å². The number of benzene rings is 1. The summed E-state index contributed by atoms with van der Waals surface area (Å²) in [5.74, 6) is 0.883. The molecule has 2 heteroatoms. The topological polar surface area (TPSA) is 33.4 Å². The molecule has 1 unspecified atom stereocenters. The molecule has 0 saturated heterocycles. The first-order valence-corrected chi connectivity index (χ1v) is 6.43. The van der Waals surface area contributed by atoms with E-state index in [4.69, 9.17) is 4.42 Å². The Morgan fingerprint density at radius 2 is 1.83 bits per heavy atom. The van der Waals surface area contributed by atoms with Crippen molar-refractivity contribution in [2.45, 2.75) is 39.7 Å². The Bertz CT molecular complexity index is 505. The predicted molar refractivity (Wildman–Crippen MR) is 72.7 cm³/mol. The molecule has 0 aliphatic carbocycles. The molecule has 0 aliphatic rings. The molecule has 0 fully saturated rings. The van der Waals surface area contributed by atoms with Crippen LogP contribution in [0.25, 0.3) is 0 Å². The van der Waals surface area contributed by atoms with Crippen LogP contribution in [-0.2, 0) is 12.8 Å². The monoisotopic (exact) mass is 244 g/mol. The summed E-state index contributed by atoms with van der Waals surface area (Å²) in [7, 11) is 0.